The van der Waals surface area contributed by atoms with Crippen molar-refractivity contribution in [2.45, 2.75) is 6.61 Å². The van der Waals surface area contributed by atoms with E-state index in [2.05, 4.69) is 21.0 Å². The lowest BCUT2D eigenvalue weighted by Gasteiger charge is -2.14. The van der Waals surface area contributed by atoms with Gasteiger partial charge in [0.2, 0.25) is 5.82 Å². The highest BCUT2D eigenvalue weighted by Crippen LogP contribution is 2.37. The lowest BCUT2D eigenvalue weighted by molar-refractivity contribution is 0.282. The molecular weight excluding hydrogens is 594 g/mol. The van der Waals surface area contributed by atoms with Crippen LogP contribution in [0.1, 0.15) is 11.1 Å². The van der Waals surface area contributed by atoms with Gasteiger partial charge in [-0.25, -0.2) is 4.98 Å². The molecule has 0 aliphatic heterocycles. The van der Waals surface area contributed by atoms with Crippen molar-refractivity contribution in [2.75, 3.05) is 7.11 Å². The van der Waals surface area contributed by atoms with Gasteiger partial charge in [-0.3, -0.25) is 4.79 Å². The van der Waals surface area contributed by atoms with E-state index in [9.17, 15) is 4.79 Å². The number of nitrogens with zero attached hydrogens (tertiary/aromatic N) is 3. The second-order valence-corrected chi connectivity index (χ2v) is 10.1. The first kappa shape index (κ1) is 25.9. The van der Waals surface area contributed by atoms with E-state index in [1.54, 1.807) is 37.6 Å². The van der Waals surface area contributed by atoms with Crippen LogP contribution in [0.25, 0.3) is 33.5 Å². The molecule has 4 aromatic carbocycles. The van der Waals surface area contributed by atoms with Gasteiger partial charge in [0.25, 0.3) is 5.56 Å². The van der Waals surface area contributed by atoms with E-state index in [1.165, 1.54) is 4.68 Å². The third-order valence-corrected chi connectivity index (χ3v) is 7.26. The summed E-state index contributed by atoms with van der Waals surface area (Å²) in [6, 6.07) is 27.7. The Kier molecular flexibility index (Phi) is 7.11. The van der Waals surface area contributed by atoms with Crippen LogP contribution in [-0.4, -0.2) is 23.0 Å². The van der Waals surface area contributed by atoms with E-state index < -0.39 is 0 Å². The second-order valence-electron chi connectivity index (χ2n) is 8.88. The summed E-state index contributed by atoms with van der Waals surface area (Å²) in [5.74, 6) is 1.74. The Morgan fingerprint density at radius 3 is 2.62 bits per heavy atom. The Bertz CT molecular complexity index is 1930. The molecule has 6 aromatic rings. The van der Waals surface area contributed by atoms with Crippen molar-refractivity contribution in [3.8, 4) is 23.1 Å². The summed E-state index contributed by atoms with van der Waals surface area (Å²) in [7, 11) is 1.56. The van der Waals surface area contributed by atoms with Crippen LogP contribution in [0.2, 0.25) is 5.02 Å². The number of halogens is 2. The van der Waals surface area contributed by atoms with Gasteiger partial charge in [-0.2, -0.15) is 9.78 Å². The summed E-state index contributed by atoms with van der Waals surface area (Å²) in [5, 5.41) is 6.51. The quantitative estimate of drug-likeness (QED) is 0.172. The maximum atomic E-state index is 13.6. The Morgan fingerprint density at radius 1 is 1.02 bits per heavy atom. The summed E-state index contributed by atoms with van der Waals surface area (Å²) < 4.78 is 19.6. The Labute approximate surface area is 242 Å². The largest absolute Gasteiger partial charge is 0.493 e. The van der Waals surface area contributed by atoms with Gasteiger partial charge in [0.15, 0.2) is 17.3 Å². The molecule has 9 heteroatoms. The molecule has 2 aromatic heterocycles. The van der Waals surface area contributed by atoms with E-state index in [4.69, 9.17) is 30.5 Å². The Balaban J connectivity index is 1.40. The van der Waals surface area contributed by atoms with Crippen LogP contribution in [0, 0.1) is 0 Å². The monoisotopic (exact) mass is 613 g/mol. The van der Waals surface area contributed by atoms with Crippen LogP contribution in [0.3, 0.4) is 0 Å². The van der Waals surface area contributed by atoms with Crippen molar-refractivity contribution >= 4 is 55.6 Å². The minimum atomic E-state index is -0.317. The third-order valence-electron chi connectivity index (χ3n) is 6.30. The fourth-order valence-corrected chi connectivity index (χ4v) is 5.09. The molecule has 7 nitrogen and oxygen atoms in total. The molecule has 198 valence electrons. The van der Waals surface area contributed by atoms with E-state index in [0.717, 1.165) is 10.9 Å². The van der Waals surface area contributed by atoms with E-state index in [-0.39, 0.29) is 12.2 Å². The zero-order valence-electron chi connectivity index (χ0n) is 21.2. The molecule has 0 saturated carbocycles. The average molecular weight is 615 g/mol. The number of fused-ring (bicyclic) bond motifs is 2. The molecule has 2 heterocycles. The molecule has 0 aliphatic rings. The fraction of sp³-hybridized carbons (Fsp3) is 0.0645. The maximum absolute atomic E-state index is 13.6. The minimum Gasteiger partial charge on any atom is -0.493 e. The summed E-state index contributed by atoms with van der Waals surface area (Å²) in [5.41, 5.74) is 2.45. The zero-order chi connectivity index (χ0) is 27.6. The zero-order valence-corrected chi connectivity index (χ0v) is 23.5. The SMILES string of the molecule is COc1cc(C=Nn2c(-c3cc4ccccc4o3)nc3ccccc3c2=O)cc(Br)c1OCc1ccccc1Cl. The molecule has 0 saturated heterocycles. The molecule has 0 bridgehead atoms. The van der Waals surface area contributed by atoms with Crippen molar-refractivity contribution in [1.82, 2.24) is 9.66 Å². The summed E-state index contributed by atoms with van der Waals surface area (Å²) >= 11 is 9.86. The number of rotatable bonds is 7. The van der Waals surface area contributed by atoms with Gasteiger partial charge in [0.1, 0.15) is 12.2 Å². The van der Waals surface area contributed by atoms with Gasteiger partial charge in [-0.05, 0) is 64.0 Å². The normalized spacial score (nSPS) is 11.5. The first-order valence-corrected chi connectivity index (χ1v) is 13.5. The van der Waals surface area contributed by atoms with E-state index >= 15 is 0 Å². The first-order chi connectivity index (χ1) is 19.5. The fourth-order valence-electron chi connectivity index (χ4n) is 4.33. The maximum Gasteiger partial charge on any atom is 0.282 e. The number of para-hydroxylation sites is 2. The van der Waals surface area contributed by atoms with Crippen molar-refractivity contribution in [3.63, 3.8) is 0 Å². The van der Waals surface area contributed by atoms with Gasteiger partial charge >= 0.3 is 0 Å². The van der Waals surface area contributed by atoms with Crippen LogP contribution in [0.15, 0.2) is 110 Å². The number of hydrogen-bond donors (Lipinski definition) is 0. The number of benzene rings is 4. The third kappa shape index (κ3) is 4.99. The van der Waals surface area contributed by atoms with Crippen molar-refractivity contribution < 1.29 is 13.9 Å². The molecule has 0 aliphatic carbocycles. The highest BCUT2D eigenvalue weighted by Gasteiger charge is 2.17. The summed E-state index contributed by atoms with van der Waals surface area (Å²) in [4.78, 5) is 18.3. The van der Waals surface area contributed by atoms with Crippen LogP contribution in [-0.2, 0) is 6.61 Å². The molecule has 0 amide bonds. The van der Waals surface area contributed by atoms with Crippen molar-refractivity contribution in [3.05, 3.63) is 122 Å². The molecule has 0 atom stereocenters. The van der Waals surface area contributed by atoms with Gasteiger partial charge in [0.05, 0.1) is 28.7 Å². The number of hydrogen-bond acceptors (Lipinski definition) is 6. The van der Waals surface area contributed by atoms with Crippen molar-refractivity contribution in [2.24, 2.45) is 5.10 Å². The van der Waals surface area contributed by atoms with E-state index in [0.29, 0.717) is 54.6 Å². The molecule has 0 radical (unpaired) electrons. The van der Waals surface area contributed by atoms with Gasteiger partial charge in [-0.1, -0.05) is 60.1 Å². The standard InChI is InChI=1S/C31H21BrClN3O4/c1-38-27-15-19(14-23(32)29(27)39-18-21-9-2-5-11-24(21)33)17-34-36-30(28-16-20-8-3-7-13-26(20)40-28)35-25-12-6-4-10-22(25)31(36)37/h2-17H,18H2,1H3. The van der Waals surface area contributed by atoms with Gasteiger partial charge < -0.3 is 13.9 Å². The molecule has 6 rings (SSSR count). The topological polar surface area (TPSA) is 78.9 Å². The minimum absolute atomic E-state index is 0.265. The van der Waals surface area contributed by atoms with Crippen molar-refractivity contribution in [1.29, 1.82) is 0 Å². The van der Waals surface area contributed by atoms with Gasteiger partial charge in [0, 0.05) is 16.0 Å². The predicted molar refractivity (Wildman–Crippen MR) is 161 cm³/mol. The second kappa shape index (κ2) is 11.0. The molecular formula is C31H21BrClN3O4. The van der Waals surface area contributed by atoms with Crippen LogP contribution in [0.5, 0.6) is 11.5 Å². The van der Waals surface area contributed by atoms with Crippen LogP contribution >= 0.6 is 27.5 Å². The van der Waals surface area contributed by atoms with E-state index in [1.807, 2.05) is 66.7 Å². The number of ether oxygens (including phenoxy) is 2. The number of aromatic nitrogens is 2. The van der Waals surface area contributed by atoms with Gasteiger partial charge in [-0.15, -0.1) is 0 Å². The Morgan fingerprint density at radius 2 is 1.80 bits per heavy atom. The molecule has 0 N–H and O–H groups in total. The smallest absolute Gasteiger partial charge is 0.282 e. The summed E-state index contributed by atoms with van der Waals surface area (Å²) in [6.07, 6.45) is 1.56. The molecule has 40 heavy (non-hydrogen) atoms. The predicted octanol–water partition coefficient (Wildman–Crippen LogP) is 7.70. The highest BCUT2D eigenvalue weighted by atomic mass is 79.9. The Hall–Kier alpha value is -4.40. The number of furan rings is 1. The summed E-state index contributed by atoms with van der Waals surface area (Å²) in [6.45, 7) is 0.265. The highest BCUT2D eigenvalue weighted by molar-refractivity contribution is 9.10. The number of methoxy groups -OCH3 is 1. The first-order valence-electron chi connectivity index (χ1n) is 12.3. The lowest BCUT2D eigenvalue weighted by Crippen LogP contribution is -2.20. The van der Waals surface area contributed by atoms with Crippen LogP contribution in [0.4, 0.5) is 0 Å². The average Bonchev–Trinajstić information content (AvgIpc) is 3.41. The molecule has 0 fully saturated rings. The molecule has 0 spiro atoms. The van der Waals surface area contributed by atoms with Crippen LogP contribution < -0.4 is 15.0 Å². The lowest BCUT2D eigenvalue weighted by atomic mass is 10.2. The molecule has 0 unspecified atom stereocenters.